The summed E-state index contributed by atoms with van der Waals surface area (Å²) in [6.07, 6.45) is 8.36. The Morgan fingerprint density at radius 3 is 2.23 bits per heavy atom. The van der Waals surface area contributed by atoms with E-state index in [1.807, 2.05) is 0 Å². The van der Waals surface area contributed by atoms with Gasteiger partial charge in [-0.2, -0.15) is 0 Å². The second-order valence-electron chi connectivity index (χ2n) is 3.91. The monoisotopic (exact) mass is 185 g/mol. The molecule has 0 aromatic carbocycles. The van der Waals surface area contributed by atoms with Crippen molar-refractivity contribution in [1.29, 1.82) is 0 Å². The van der Waals surface area contributed by atoms with Gasteiger partial charge in [-0.1, -0.05) is 46.5 Å². The molecule has 0 aliphatic carbocycles. The van der Waals surface area contributed by atoms with E-state index >= 15 is 0 Å². The van der Waals surface area contributed by atoms with E-state index in [0.29, 0.717) is 0 Å². The van der Waals surface area contributed by atoms with Crippen LogP contribution >= 0.6 is 0 Å². The van der Waals surface area contributed by atoms with Crippen LogP contribution in [0.1, 0.15) is 59.3 Å². The molecule has 0 radical (unpaired) electrons. The molecule has 1 atom stereocenters. The summed E-state index contributed by atoms with van der Waals surface area (Å²) in [6, 6.07) is 0. The molecule has 0 amide bonds. The Hall–Kier alpha value is -0.0400. The minimum atomic E-state index is 0.985. The van der Waals surface area contributed by atoms with Crippen molar-refractivity contribution in [3.63, 3.8) is 0 Å². The highest BCUT2D eigenvalue weighted by atomic mass is 14.8. The molecule has 0 aliphatic heterocycles. The van der Waals surface area contributed by atoms with Crippen molar-refractivity contribution in [3.8, 4) is 0 Å². The number of unbranched alkanes of at least 4 members (excludes halogenated alkanes) is 1. The molecule has 1 nitrogen and oxygen atoms in total. The van der Waals surface area contributed by atoms with Gasteiger partial charge in [0.1, 0.15) is 0 Å². The van der Waals surface area contributed by atoms with Gasteiger partial charge in [0, 0.05) is 0 Å². The summed E-state index contributed by atoms with van der Waals surface area (Å²) in [7, 11) is 0. The third-order valence-corrected chi connectivity index (χ3v) is 2.76. The van der Waals surface area contributed by atoms with Crippen LogP contribution in [0.25, 0.3) is 0 Å². The molecule has 1 N–H and O–H groups in total. The highest BCUT2D eigenvalue weighted by Gasteiger charge is 2.04. The average Bonchev–Trinajstić information content (AvgIpc) is 2.17. The summed E-state index contributed by atoms with van der Waals surface area (Å²) in [6.45, 7) is 9.11. The molecular weight excluding hydrogens is 158 g/mol. The van der Waals surface area contributed by atoms with Crippen LogP contribution in [0.15, 0.2) is 0 Å². The lowest BCUT2D eigenvalue weighted by Gasteiger charge is -2.13. The molecule has 0 bridgehead atoms. The second kappa shape index (κ2) is 10.0. The minimum Gasteiger partial charge on any atom is -0.317 e. The lowest BCUT2D eigenvalue weighted by atomic mass is 9.94. The summed E-state index contributed by atoms with van der Waals surface area (Å²) < 4.78 is 0. The van der Waals surface area contributed by atoms with Crippen molar-refractivity contribution in [1.82, 2.24) is 5.32 Å². The zero-order chi connectivity index (χ0) is 9.94. The Labute approximate surface area is 84.3 Å². The van der Waals surface area contributed by atoms with Crippen molar-refractivity contribution in [3.05, 3.63) is 0 Å². The van der Waals surface area contributed by atoms with E-state index in [4.69, 9.17) is 0 Å². The van der Waals surface area contributed by atoms with Gasteiger partial charge < -0.3 is 5.32 Å². The van der Waals surface area contributed by atoms with E-state index in [1.54, 1.807) is 0 Å². The molecule has 1 unspecified atom stereocenters. The third kappa shape index (κ3) is 8.29. The van der Waals surface area contributed by atoms with Gasteiger partial charge >= 0.3 is 0 Å². The molecule has 0 aliphatic rings. The highest BCUT2D eigenvalue weighted by Crippen LogP contribution is 2.17. The molecular formula is C12H27N. The van der Waals surface area contributed by atoms with Crippen LogP contribution in [0.3, 0.4) is 0 Å². The Morgan fingerprint density at radius 2 is 1.69 bits per heavy atom. The summed E-state index contributed by atoms with van der Waals surface area (Å²) in [4.78, 5) is 0. The van der Waals surface area contributed by atoms with Crippen LogP contribution in [0.2, 0.25) is 0 Å². The van der Waals surface area contributed by atoms with Gasteiger partial charge in [-0.3, -0.25) is 0 Å². The standard InChI is InChI=1S/C12H27N/c1-4-7-9-12(5-2)10-8-11-13-6-3/h12-13H,4-11H2,1-3H3. The zero-order valence-electron chi connectivity index (χ0n) is 9.73. The third-order valence-electron chi connectivity index (χ3n) is 2.76. The molecule has 0 spiro atoms. The topological polar surface area (TPSA) is 12.0 Å². The van der Waals surface area contributed by atoms with Crippen molar-refractivity contribution in [2.45, 2.75) is 59.3 Å². The fourth-order valence-corrected chi connectivity index (χ4v) is 1.74. The number of rotatable bonds is 9. The van der Waals surface area contributed by atoms with E-state index in [0.717, 1.165) is 12.5 Å². The molecule has 0 rings (SSSR count). The van der Waals surface area contributed by atoms with E-state index in [2.05, 4.69) is 26.1 Å². The van der Waals surface area contributed by atoms with Gasteiger partial charge in [-0.05, 0) is 31.8 Å². The second-order valence-corrected chi connectivity index (χ2v) is 3.91. The zero-order valence-corrected chi connectivity index (χ0v) is 9.73. The maximum Gasteiger partial charge on any atom is -0.00489 e. The maximum atomic E-state index is 3.38. The van der Waals surface area contributed by atoms with E-state index < -0.39 is 0 Å². The fraction of sp³-hybridized carbons (Fsp3) is 1.00. The largest absolute Gasteiger partial charge is 0.317 e. The summed E-state index contributed by atoms with van der Waals surface area (Å²) in [5, 5.41) is 3.38. The Balaban J connectivity index is 3.25. The van der Waals surface area contributed by atoms with Crippen molar-refractivity contribution in [2.24, 2.45) is 5.92 Å². The Kier molecular flexibility index (Phi) is 10.0. The molecule has 0 aromatic rings. The lowest BCUT2D eigenvalue weighted by Crippen LogP contribution is -2.15. The van der Waals surface area contributed by atoms with Crippen LogP contribution in [-0.2, 0) is 0 Å². The average molecular weight is 185 g/mol. The lowest BCUT2D eigenvalue weighted by molar-refractivity contribution is 0.405. The van der Waals surface area contributed by atoms with Gasteiger partial charge in [0.2, 0.25) is 0 Å². The van der Waals surface area contributed by atoms with Gasteiger partial charge in [-0.25, -0.2) is 0 Å². The fourth-order valence-electron chi connectivity index (χ4n) is 1.74. The highest BCUT2D eigenvalue weighted by molar-refractivity contribution is 4.58. The van der Waals surface area contributed by atoms with E-state index in [9.17, 15) is 0 Å². The summed E-state index contributed by atoms with van der Waals surface area (Å²) >= 11 is 0. The van der Waals surface area contributed by atoms with Gasteiger partial charge in [-0.15, -0.1) is 0 Å². The number of nitrogens with one attached hydrogen (secondary N) is 1. The van der Waals surface area contributed by atoms with Crippen molar-refractivity contribution < 1.29 is 0 Å². The van der Waals surface area contributed by atoms with Crippen LogP contribution in [0.4, 0.5) is 0 Å². The predicted molar refractivity (Wildman–Crippen MR) is 61.1 cm³/mol. The van der Waals surface area contributed by atoms with Crippen LogP contribution in [-0.4, -0.2) is 13.1 Å². The Morgan fingerprint density at radius 1 is 1.00 bits per heavy atom. The summed E-state index contributed by atoms with van der Waals surface area (Å²) in [5.41, 5.74) is 0. The molecule has 0 saturated heterocycles. The summed E-state index contributed by atoms with van der Waals surface area (Å²) in [5.74, 6) is 0.985. The van der Waals surface area contributed by atoms with Crippen molar-refractivity contribution >= 4 is 0 Å². The number of hydrogen-bond acceptors (Lipinski definition) is 1. The first-order valence-electron chi connectivity index (χ1n) is 6.05. The van der Waals surface area contributed by atoms with Crippen LogP contribution in [0.5, 0.6) is 0 Å². The Bertz CT molecular complexity index is 91.1. The smallest absolute Gasteiger partial charge is 0.00489 e. The van der Waals surface area contributed by atoms with Gasteiger partial charge in [0.25, 0.3) is 0 Å². The first-order chi connectivity index (χ1) is 6.35. The van der Waals surface area contributed by atoms with Crippen LogP contribution in [0, 0.1) is 5.92 Å². The van der Waals surface area contributed by atoms with Crippen molar-refractivity contribution in [2.75, 3.05) is 13.1 Å². The maximum absolute atomic E-state index is 3.38. The quantitative estimate of drug-likeness (QED) is 0.541. The number of hydrogen-bond donors (Lipinski definition) is 1. The van der Waals surface area contributed by atoms with E-state index in [-0.39, 0.29) is 0 Å². The van der Waals surface area contributed by atoms with Gasteiger partial charge in [0.05, 0.1) is 0 Å². The van der Waals surface area contributed by atoms with Gasteiger partial charge in [0.15, 0.2) is 0 Å². The predicted octanol–water partition coefficient (Wildman–Crippen LogP) is 3.59. The normalized spacial score (nSPS) is 13.2. The van der Waals surface area contributed by atoms with E-state index in [1.165, 1.54) is 45.1 Å². The van der Waals surface area contributed by atoms with Crippen LogP contribution < -0.4 is 5.32 Å². The SMILES string of the molecule is CCCCC(CC)CCCNCC. The molecule has 0 saturated carbocycles. The first kappa shape index (κ1) is 13.0. The molecule has 80 valence electrons. The molecule has 1 heteroatoms. The molecule has 0 fully saturated rings. The molecule has 0 aromatic heterocycles. The molecule has 0 heterocycles. The molecule has 13 heavy (non-hydrogen) atoms. The first-order valence-corrected chi connectivity index (χ1v) is 6.05. The minimum absolute atomic E-state index is 0.985.